The summed E-state index contributed by atoms with van der Waals surface area (Å²) >= 11 is 0. The molecule has 0 aliphatic rings. The van der Waals surface area contributed by atoms with Crippen molar-refractivity contribution in [3.8, 4) is 17.7 Å². The van der Waals surface area contributed by atoms with Gasteiger partial charge in [-0.05, 0) is 26.0 Å². The highest BCUT2D eigenvalue weighted by molar-refractivity contribution is 5.87. The predicted octanol–water partition coefficient (Wildman–Crippen LogP) is 3.20. The first-order valence-corrected chi connectivity index (χ1v) is 6.58. The summed E-state index contributed by atoms with van der Waals surface area (Å²) in [5.74, 6) is 0.921. The number of nitrogens with two attached hydrogens (primary N) is 1. The Morgan fingerprint density at radius 2 is 2.19 bits per heavy atom. The summed E-state index contributed by atoms with van der Waals surface area (Å²) in [6, 6.07) is 9.33. The second-order valence-electron chi connectivity index (χ2n) is 4.59. The van der Waals surface area contributed by atoms with Gasteiger partial charge in [-0.15, -0.1) is 0 Å². The zero-order valence-electron chi connectivity index (χ0n) is 11.8. The lowest BCUT2D eigenvalue weighted by Crippen LogP contribution is -2.01. The number of ether oxygens (including phenoxy) is 1. The molecular formula is C15H14N4O2. The summed E-state index contributed by atoms with van der Waals surface area (Å²) < 4.78 is 13.0. The van der Waals surface area contributed by atoms with Crippen LogP contribution in [0.25, 0.3) is 11.0 Å². The number of aryl methyl sites for hydroxylation is 2. The number of benzene rings is 1. The normalized spacial score (nSPS) is 10.7. The fraction of sp³-hybridized carbons (Fsp3) is 0.200. The van der Waals surface area contributed by atoms with Gasteiger partial charge in [0.1, 0.15) is 17.3 Å². The van der Waals surface area contributed by atoms with Crippen molar-refractivity contribution in [3.05, 3.63) is 35.7 Å². The lowest BCUT2D eigenvalue weighted by atomic mass is 10.2. The molecule has 0 aliphatic carbocycles. The van der Waals surface area contributed by atoms with E-state index < -0.39 is 0 Å². The molecule has 0 bridgehead atoms. The minimum absolute atomic E-state index is 0.122. The Labute approximate surface area is 121 Å². The van der Waals surface area contributed by atoms with Gasteiger partial charge in [-0.3, -0.25) is 0 Å². The van der Waals surface area contributed by atoms with E-state index in [0.29, 0.717) is 35.1 Å². The number of aromatic nitrogens is 2. The minimum atomic E-state index is 0.122. The molecule has 0 aliphatic heterocycles. The summed E-state index contributed by atoms with van der Waals surface area (Å²) in [6.45, 7) is 4.37. The number of furan rings is 1. The Bertz CT molecular complexity index is 855. The van der Waals surface area contributed by atoms with E-state index in [1.165, 1.54) is 0 Å². The van der Waals surface area contributed by atoms with Gasteiger partial charge in [0.15, 0.2) is 5.75 Å². The molecule has 0 radical (unpaired) electrons. The van der Waals surface area contributed by atoms with Gasteiger partial charge in [0.05, 0.1) is 11.1 Å². The van der Waals surface area contributed by atoms with Gasteiger partial charge in [-0.2, -0.15) is 10.4 Å². The summed E-state index contributed by atoms with van der Waals surface area (Å²) in [5, 5.41) is 14.3. The van der Waals surface area contributed by atoms with Crippen LogP contribution < -0.4 is 10.5 Å². The number of rotatable bonds is 3. The Balaban J connectivity index is 2.17. The van der Waals surface area contributed by atoms with Crippen LogP contribution in [0.15, 0.2) is 28.7 Å². The van der Waals surface area contributed by atoms with Gasteiger partial charge in [0.25, 0.3) is 0 Å². The number of para-hydroxylation sites is 1. The first-order valence-electron chi connectivity index (χ1n) is 6.58. The standard InChI is InChI=1S/C15H14N4O2/c1-3-19-15(13(17)9(2)18-19)21-14-10-6-4-5-7-11(10)20-12(14)8-16/h4-7H,3,17H2,1-2H3. The maximum Gasteiger partial charge on any atom is 0.247 e. The van der Waals surface area contributed by atoms with Crippen LogP contribution in [-0.2, 0) is 6.54 Å². The lowest BCUT2D eigenvalue weighted by molar-refractivity contribution is 0.412. The molecule has 6 heteroatoms. The van der Waals surface area contributed by atoms with E-state index in [0.717, 1.165) is 5.39 Å². The van der Waals surface area contributed by atoms with Crippen molar-refractivity contribution in [2.75, 3.05) is 5.73 Å². The SMILES string of the molecule is CCn1nc(C)c(N)c1Oc1c(C#N)oc2ccccc12. The molecule has 2 aromatic heterocycles. The smallest absolute Gasteiger partial charge is 0.247 e. The van der Waals surface area contributed by atoms with Crippen LogP contribution in [0.3, 0.4) is 0 Å². The van der Waals surface area contributed by atoms with E-state index >= 15 is 0 Å². The summed E-state index contributed by atoms with van der Waals surface area (Å²) in [4.78, 5) is 0. The molecule has 0 unspecified atom stereocenters. The van der Waals surface area contributed by atoms with Crippen molar-refractivity contribution in [2.45, 2.75) is 20.4 Å². The number of nitrogen functional groups attached to an aromatic ring is 1. The van der Waals surface area contributed by atoms with Crippen molar-refractivity contribution < 1.29 is 9.15 Å². The van der Waals surface area contributed by atoms with Gasteiger partial charge < -0.3 is 14.9 Å². The third-order valence-electron chi connectivity index (χ3n) is 3.28. The molecule has 0 atom stereocenters. The summed E-state index contributed by atoms with van der Waals surface area (Å²) in [5.41, 5.74) is 7.76. The monoisotopic (exact) mass is 282 g/mol. The zero-order valence-corrected chi connectivity index (χ0v) is 11.8. The van der Waals surface area contributed by atoms with E-state index in [1.807, 2.05) is 38.1 Å². The molecule has 2 N–H and O–H groups in total. The van der Waals surface area contributed by atoms with Crippen LogP contribution in [0.1, 0.15) is 18.4 Å². The van der Waals surface area contributed by atoms with Gasteiger partial charge in [-0.1, -0.05) is 12.1 Å². The van der Waals surface area contributed by atoms with E-state index in [2.05, 4.69) is 5.10 Å². The average molecular weight is 282 g/mol. The Morgan fingerprint density at radius 3 is 2.90 bits per heavy atom. The van der Waals surface area contributed by atoms with Crippen molar-refractivity contribution in [3.63, 3.8) is 0 Å². The summed E-state index contributed by atoms with van der Waals surface area (Å²) in [7, 11) is 0. The Hall–Kier alpha value is -2.94. The molecule has 6 nitrogen and oxygen atoms in total. The lowest BCUT2D eigenvalue weighted by Gasteiger charge is -2.07. The maximum atomic E-state index is 9.22. The van der Waals surface area contributed by atoms with Gasteiger partial charge in [-0.25, -0.2) is 4.68 Å². The van der Waals surface area contributed by atoms with Crippen LogP contribution in [0, 0.1) is 18.3 Å². The quantitative estimate of drug-likeness (QED) is 0.796. The van der Waals surface area contributed by atoms with E-state index in [-0.39, 0.29) is 5.76 Å². The largest absolute Gasteiger partial charge is 0.442 e. The number of nitriles is 1. The Morgan fingerprint density at radius 1 is 1.43 bits per heavy atom. The zero-order chi connectivity index (χ0) is 15.0. The highest BCUT2D eigenvalue weighted by Gasteiger charge is 2.20. The fourth-order valence-electron chi connectivity index (χ4n) is 2.19. The molecular weight excluding hydrogens is 268 g/mol. The molecule has 0 fully saturated rings. The molecule has 106 valence electrons. The molecule has 0 amide bonds. The molecule has 1 aromatic carbocycles. The number of hydrogen-bond donors (Lipinski definition) is 1. The fourth-order valence-corrected chi connectivity index (χ4v) is 2.19. The van der Waals surface area contributed by atoms with Crippen LogP contribution in [-0.4, -0.2) is 9.78 Å². The van der Waals surface area contributed by atoms with Gasteiger partial charge >= 0.3 is 0 Å². The third kappa shape index (κ3) is 1.99. The van der Waals surface area contributed by atoms with Crippen LogP contribution in [0.4, 0.5) is 5.69 Å². The minimum Gasteiger partial charge on any atom is -0.442 e. The molecule has 2 heterocycles. The van der Waals surface area contributed by atoms with Gasteiger partial charge in [0.2, 0.25) is 11.6 Å². The number of nitrogens with zero attached hydrogens (tertiary/aromatic N) is 3. The first kappa shape index (κ1) is 13.1. The Kier molecular flexibility index (Phi) is 3.03. The molecule has 0 saturated carbocycles. The average Bonchev–Trinajstić information content (AvgIpc) is 2.99. The van der Waals surface area contributed by atoms with Crippen LogP contribution in [0.5, 0.6) is 11.6 Å². The van der Waals surface area contributed by atoms with Crippen LogP contribution in [0.2, 0.25) is 0 Å². The molecule has 0 saturated heterocycles. The van der Waals surface area contributed by atoms with E-state index in [4.69, 9.17) is 14.9 Å². The number of hydrogen-bond acceptors (Lipinski definition) is 5. The number of anilines is 1. The predicted molar refractivity (Wildman–Crippen MR) is 78.1 cm³/mol. The van der Waals surface area contributed by atoms with Crippen molar-refractivity contribution in [1.82, 2.24) is 9.78 Å². The second kappa shape index (κ2) is 4.87. The molecule has 21 heavy (non-hydrogen) atoms. The highest BCUT2D eigenvalue weighted by Crippen LogP contribution is 2.38. The van der Waals surface area contributed by atoms with E-state index in [9.17, 15) is 5.26 Å². The first-order chi connectivity index (χ1) is 10.2. The molecule has 3 rings (SSSR count). The van der Waals surface area contributed by atoms with Crippen LogP contribution >= 0.6 is 0 Å². The summed E-state index contributed by atoms with van der Waals surface area (Å²) in [6.07, 6.45) is 0. The second-order valence-corrected chi connectivity index (χ2v) is 4.59. The topological polar surface area (TPSA) is 90.0 Å². The molecule has 3 aromatic rings. The van der Waals surface area contributed by atoms with Gasteiger partial charge in [0, 0.05) is 6.54 Å². The highest BCUT2D eigenvalue weighted by atomic mass is 16.5. The van der Waals surface area contributed by atoms with Crippen molar-refractivity contribution in [2.24, 2.45) is 0 Å². The molecule has 0 spiro atoms. The van der Waals surface area contributed by atoms with E-state index in [1.54, 1.807) is 10.7 Å². The third-order valence-corrected chi connectivity index (χ3v) is 3.28. The van der Waals surface area contributed by atoms with Crippen molar-refractivity contribution >= 4 is 16.7 Å². The van der Waals surface area contributed by atoms with Crippen molar-refractivity contribution in [1.29, 1.82) is 5.26 Å². The maximum absolute atomic E-state index is 9.22. The number of fused-ring (bicyclic) bond motifs is 1.